The SMILES string of the molecule is CC1CCCC(OC(=O)COc2cccc(N)c2)C1. The number of esters is 1. The lowest BCUT2D eigenvalue weighted by molar-refractivity contribution is -0.153. The summed E-state index contributed by atoms with van der Waals surface area (Å²) in [4.78, 5) is 11.7. The summed E-state index contributed by atoms with van der Waals surface area (Å²) in [5, 5.41) is 0. The predicted octanol–water partition coefficient (Wildman–Crippen LogP) is 2.77. The summed E-state index contributed by atoms with van der Waals surface area (Å²) in [5.74, 6) is 0.928. The summed E-state index contributed by atoms with van der Waals surface area (Å²) < 4.78 is 10.8. The highest BCUT2D eigenvalue weighted by atomic mass is 16.6. The highest BCUT2D eigenvalue weighted by molar-refractivity contribution is 5.71. The first-order valence-corrected chi connectivity index (χ1v) is 6.81. The molecule has 0 bridgehead atoms. The van der Waals surface area contributed by atoms with Crippen molar-refractivity contribution >= 4 is 11.7 Å². The van der Waals surface area contributed by atoms with Gasteiger partial charge >= 0.3 is 5.97 Å². The van der Waals surface area contributed by atoms with Crippen LogP contribution in [0.1, 0.15) is 32.6 Å². The van der Waals surface area contributed by atoms with E-state index in [9.17, 15) is 4.79 Å². The maximum absolute atomic E-state index is 11.7. The molecule has 1 aliphatic carbocycles. The Morgan fingerprint density at radius 1 is 1.42 bits per heavy atom. The van der Waals surface area contributed by atoms with Gasteiger partial charge in [0.25, 0.3) is 0 Å². The zero-order valence-corrected chi connectivity index (χ0v) is 11.3. The molecule has 19 heavy (non-hydrogen) atoms. The molecule has 1 fully saturated rings. The van der Waals surface area contributed by atoms with E-state index in [-0.39, 0.29) is 18.7 Å². The molecule has 4 heteroatoms. The van der Waals surface area contributed by atoms with Crippen molar-refractivity contribution in [1.82, 2.24) is 0 Å². The number of hydrogen-bond acceptors (Lipinski definition) is 4. The van der Waals surface area contributed by atoms with Gasteiger partial charge < -0.3 is 15.2 Å². The van der Waals surface area contributed by atoms with E-state index in [1.807, 2.05) is 0 Å². The smallest absolute Gasteiger partial charge is 0.344 e. The quantitative estimate of drug-likeness (QED) is 0.670. The molecule has 1 aliphatic rings. The third-order valence-electron chi connectivity index (χ3n) is 3.40. The molecule has 0 radical (unpaired) electrons. The molecule has 0 heterocycles. The minimum absolute atomic E-state index is 0.0562. The fourth-order valence-electron chi connectivity index (χ4n) is 2.45. The van der Waals surface area contributed by atoms with E-state index in [0.29, 0.717) is 17.4 Å². The number of rotatable bonds is 4. The average Bonchev–Trinajstić information content (AvgIpc) is 2.36. The first-order valence-electron chi connectivity index (χ1n) is 6.81. The van der Waals surface area contributed by atoms with E-state index in [0.717, 1.165) is 19.3 Å². The van der Waals surface area contributed by atoms with Crippen LogP contribution in [0.25, 0.3) is 0 Å². The lowest BCUT2D eigenvalue weighted by Gasteiger charge is -2.26. The highest BCUT2D eigenvalue weighted by Crippen LogP contribution is 2.25. The minimum Gasteiger partial charge on any atom is -0.482 e. The number of nitrogens with two attached hydrogens (primary N) is 1. The van der Waals surface area contributed by atoms with E-state index in [4.69, 9.17) is 15.2 Å². The largest absolute Gasteiger partial charge is 0.482 e. The first-order chi connectivity index (χ1) is 9.13. The minimum atomic E-state index is -0.304. The number of hydrogen-bond donors (Lipinski definition) is 1. The Balaban J connectivity index is 1.75. The van der Waals surface area contributed by atoms with Crippen molar-refractivity contribution in [3.63, 3.8) is 0 Å². The Hall–Kier alpha value is -1.71. The van der Waals surface area contributed by atoms with E-state index in [1.165, 1.54) is 6.42 Å². The number of carbonyl (C=O) groups excluding carboxylic acids is 1. The maximum atomic E-state index is 11.7. The molecule has 4 nitrogen and oxygen atoms in total. The zero-order valence-electron chi connectivity index (χ0n) is 11.3. The number of ether oxygens (including phenoxy) is 2. The van der Waals surface area contributed by atoms with Gasteiger partial charge in [-0.25, -0.2) is 4.79 Å². The summed E-state index contributed by atoms with van der Waals surface area (Å²) >= 11 is 0. The third-order valence-corrected chi connectivity index (χ3v) is 3.40. The van der Waals surface area contributed by atoms with E-state index >= 15 is 0 Å². The van der Waals surface area contributed by atoms with Gasteiger partial charge in [-0.15, -0.1) is 0 Å². The molecular formula is C15H21NO3. The fraction of sp³-hybridized carbons (Fsp3) is 0.533. The van der Waals surface area contributed by atoms with Crippen molar-refractivity contribution < 1.29 is 14.3 Å². The molecule has 1 aromatic rings. The topological polar surface area (TPSA) is 61.5 Å². The van der Waals surface area contributed by atoms with Crippen LogP contribution in [0.2, 0.25) is 0 Å². The van der Waals surface area contributed by atoms with Gasteiger partial charge in [-0.2, -0.15) is 0 Å². The van der Waals surface area contributed by atoms with Crippen LogP contribution in [-0.2, 0) is 9.53 Å². The van der Waals surface area contributed by atoms with E-state index in [1.54, 1.807) is 24.3 Å². The lowest BCUT2D eigenvalue weighted by Crippen LogP contribution is -2.27. The Kier molecular flexibility index (Phi) is 4.66. The lowest BCUT2D eigenvalue weighted by atomic mass is 9.89. The van der Waals surface area contributed by atoms with Crippen LogP contribution in [0.4, 0.5) is 5.69 Å². The Morgan fingerprint density at radius 2 is 2.26 bits per heavy atom. The predicted molar refractivity (Wildman–Crippen MR) is 73.9 cm³/mol. The second kappa shape index (κ2) is 6.45. The molecule has 0 saturated heterocycles. The number of benzene rings is 1. The van der Waals surface area contributed by atoms with E-state index < -0.39 is 0 Å². The summed E-state index contributed by atoms with van der Waals surface area (Å²) in [6.07, 6.45) is 4.35. The van der Waals surface area contributed by atoms with Crippen LogP contribution in [0.5, 0.6) is 5.75 Å². The third kappa shape index (κ3) is 4.47. The second-order valence-corrected chi connectivity index (χ2v) is 5.24. The van der Waals surface area contributed by atoms with E-state index in [2.05, 4.69) is 6.92 Å². The van der Waals surface area contributed by atoms with Crippen LogP contribution in [0.3, 0.4) is 0 Å². The van der Waals surface area contributed by atoms with Crippen LogP contribution < -0.4 is 10.5 Å². The van der Waals surface area contributed by atoms with Gasteiger partial charge in [-0.1, -0.05) is 19.4 Å². The molecule has 2 rings (SSSR count). The van der Waals surface area contributed by atoms with Crippen molar-refractivity contribution in [2.45, 2.75) is 38.7 Å². The molecule has 104 valence electrons. The van der Waals surface area contributed by atoms with Crippen LogP contribution in [-0.4, -0.2) is 18.7 Å². The molecule has 0 spiro atoms. The summed E-state index contributed by atoms with van der Waals surface area (Å²) in [5.41, 5.74) is 6.25. The van der Waals surface area contributed by atoms with Gasteiger partial charge in [0.1, 0.15) is 11.9 Å². The summed E-state index contributed by atoms with van der Waals surface area (Å²) in [6.45, 7) is 2.14. The van der Waals surface area contributed by atoms with Crippen molar-refractivity contribution in [1.29, 1.82) is 0 Å². The molecule has 2 atom stereocenters. The van der Waals surface area contributed by atoms with Crippen LogP contribution in [0, 0.1) is 5.92 Å². The molecule has 2 unspecified atom stereocenters. The zero-order chi connectivity index (χ0) is 13.7. The van der Waals surface area contributed by atoms with Crippen molar-refractivity contribution in [3.8, 4) is 5.75 Å². The molecule has 0 aromatic heterocycles. The molecule has 0 amide bonds. The van der Waals surface area contributed by atoms with Crippen molar-refractivity contribution in [3.05, 3.63) is 24.3 Å². The van der Waals surface area contributed by atoms with Gasteiger partial charge in [0.2, 0.25) is 0 Å². The van der Waals surface area contributed by atoms with Crippen LogP contribution >= 0.6 is 0 Å². The molecule has 1 aromatic carbocycles. The standard InChI is InChI=1S/C15H21NO3/c1-11-4-2-7-14(8-11)19-15(17)10-18-13-6-3-5-12(16)9-13/h3,5-6,9,11,14H,2,4,7-8,10,16H2,1H3. The Labute approximate surface area is 113 Å². The second-order valence-electron chi connectivity index (χ2n) is 5.24. The Bertz CT molecular complexity index is 433. The monoisotopic (exact) mass is 263 g/mol. The van der Waals surface area contributed by atoms with Gasteiger partial charge in [0, 0.05) is 11.8 Å². The van der Waals surface area contributed by atoms with Gasteiger partial charge in [-0.3, -0.25) is 0 Å². The van der Waals surface area contributed by atoms with Gasteiger partial charge in [0.05, 0.1) is 0 Å². The molecular weight excluding hydrogens is 242 g/mol. The first kappa shape index (κ1) is 13.7. The van der Waals surface area contributed by atoms with Crippen LogP contribution in [0.15, 0.2) is 24.3 Å². The molecule has 1 saturated carbocycles. The van der Waals surface area contributed by atoms with Gasteiger partial charge in [-0.05, 0) is 37.3 Å². The van der Waals surface area contributed by atoms with Crippen molar-refractivity contribution in [2.24, 2.45) is 5.92 Å². The fourth-order valence-corrected chi connectivity index (χ4v) is 2.45. The number of nitrogen functional groups attached to an aromatic ring is 1. The Morgan fingerprint density at radius 3 is 3.00 bits per heavy atom. The summed E-state index contributed by atoms with van der Waals surface area (Å²) in [6, 6.07) is 7.02. The normalized spacial score (nSPS) is 22.8. The number of anilines is 1. The molecule has 2 N–H and O–H groups in total. The highest BCUT2D eigenvalue weighted by Gasteiger charge is 2.22. The van der Waals surface area contributed by atoms with Crippen molar-refractivity contribution in [2.75, 3.05) is 12.3 Å². The maximum Gasteiger partial charge on any atom is 0.344 e. The summed E-state index contributed by atoms with van der Waals surface area (Å²) in [7, 11) is 0. The average molecular weight is 263 g/mol. The number of carbonyl (C=O) groups is 1. The molecule has 0 aliphatic heterocycles. The van der Waals surface area contributed by atoms with Gasteiger partial charge in [0.15, 0.2) is 6.61 Å².